The van der Waals surface area contributed by atoms with Crippen molar-refractivity contribution in [1.29, 1.82) is 0 Å². The van der Waals surface area contributed by atoms with Crippen LogP contribution in [-0.2, 0) is 12.0 Å². The van der Waals surface area contributed by atoms with E-state index in [1.807, 2.05) is 13.8 Å². The molecule has 0 saturated carbocycles. The van der Waals surface area contributed by atoms with Crippen LogP contribution in [0.25, 0.3) is 0 Å². The van der Waals surface area contributed by atoms with Gasteiger partial charge in [-0.3, -0.25) is 0 Å². The van der Waals surface area contributed by atoms with Gasteiger partial charge in [-0.15, -0.1) is 0 Å². The van der Waals surface area contributed by atoms with Gasteiger partial charge in [0, 0.05) is 18.0 Å². The number of aliphatic imine (C=N–C) groups is 1. The average Bonchev–Trinajstić information content (AvgIpc) is 3.07. The summed E-state index contributed by atoms with van der Waals surface area (Å²) < 4.78 is 24.7. The Kier molecular flexibility index (Phi) is 7.21. The fraction of sp³-hybridized carbons (Fsp3) is 0.500. The van der Waals surface area contributed by atoms with E-state index in [0.717, 1.165) is 12.3 Å². The summed E-state index contributed by atoms with van der Waals surface area (Å²) in [7, 11) is 0. The number of hydrogen-bond donors (Lipinski definition) is 2. The van der Waals surface area contributed by atoms with Gasteiger partial charge < -0.3 is 19.8 Å². The summed E-state index contributed by atoms with van der Waals surface area (Å²) in [5, 5.41) is 6.39. The predicted molar refractivity (Wildman–Crippen MR) is 105 cm³/mol. The van der Waals surface area contributed by atoms with Crippen LogP contribution in [0, 0.1) is 5.82 Å². The SMILES string of the molecule is CCNC(=NCc1ncc(C(C)(C)C)o1)NCC(C)Oc1cccc(F)c1. The number of guanidine groups is 1. The Morgan fingerprint density at radius 1 is 1.33 bits per heavy atom. The molecule has 0 fully saturated rings. The molecule has 1 aromatic carbocycles. The Balaban J connectivity index is 1.90. The highest BCUT2D eigenvalue weighted by Gasteiger charge is 2.19. The topological polar surface area (TPSA) is 71.7 Å². The summed E-state index contributed by atoms with van der Waals surface area (Å²) in [5.41, 5.74) is -0.0819. The first-order valence-corrected chi connectivity index (χ1v) is 9.17. The minimum atomic E-state index is -0.317. The van der Waals surface area contributed by atoms with Crippen LogP contribution in [0.1, 0.15) is 46.3 Å². The summed E-state index contributed by atoms with van der Waals surface area (Å²) in [5.74, 6) is 2.23. The van der Waals surface area contributed by atoms with Gasteiger partial charge in [-0.1, -0.05) is 26.8 Å². The molecule has 0 bridgehead atoms. The highest BCUT2D eigenvalue weighted by molar-refractivity contribution is 5.79. The van der Waals surface area contributed by atoms with Crippen LogP contribution in [0.3, 0.4) is 0 Å². The van der Waals surface area contributed by atoms with E-state index in [2.05, 4.69) is 41.4 Å². The lowest BCUT2D eigenvalue weighted by atomic mass is 9.94. The van der Waals surface area contributed by atoms with Gasteiger partial charge in [0.05, 0.1) is 12.7 Å². The molecule has 1 heterocycles. The van der Waals surface area contributed by atoms with Gasteiger partial charge in [0.15, 0.2) is 5.96 Å². The second-order valence-corrected chi connectivity index (χ2v) is 7.33. The molecule has 148 valence electrons. The molecule has 7 heteroatoms. The van der Waals surface area contributed by atoms with Crippen LogP contribution in [0.15, 0.2) is 39.9 Å². The lowest BCUT2D eigenvalue weighted by molar-refractivity contribution is 0.223. The largest absolute Gasteiger partial charge is 0.489 e. The minimum absolute atomic E-state index is 0.0819. The molecular formula is C20H29FN4O2. The van der Waals surface area contributed by atoms with Crippen molar-refractivity contribution < 1.29 is 13.5 Å². The Morgan fingerprint density at radius 2 is 2.11 bits per heavy atom. The van der Waals surface area contributed by atoms with Crippen molar-refractivity contribution in [2.75, 3.05) is 13.1 Å². The van der Waals surface area contributed by atoms with E-state index in [0.29, 0.717) is 30.7 Å². The maximum Gasteiger partial charge on any atom is 0.216 e. The molecule has 0 spiro atoms. The van der Waals surface area contributed by atoms with Crippen molar-refractivity contribution in [1.82, 2.24) is 15.6 Å². The normalized spacial score (nSPS) is 13.3. The molecule has 0 aliphatic rings. The molecular weight excluding hydrogens is 347 g/mol. The van der Waals surface area contributed by atoms with Gasteiger partial charge in [0.1, 0.15) is 30.0 Å². The van der Waals surface area contributed by atoms with Crippen molar-refractivity contribution >= 4 is 5.96 Å². The summed E-state index contributed by atoms with van der Waals surface area (Å²) in [6, 6.07) is 6.11. The minimum Gasteiger partial charge on any atom is -0.489 e. The maximum absolute atomic E-state index is 13.2. The van der Waals surface area contributed by atoms with Crippen molar-refractivity contribution in [3.05, 3.63) is 47.9 Å². The van der Waals surface area contributed by atoms with E-state index in [1.165, 1.54) is 12.1 Å². The molecule has 0 aliphatic carbocycles. The second-order valence-electron chi connectivity index (χ2n) is 7.33. The van der Waals surface area contributed by atoms with E-state index >= 15 is 0 Å². The highest BCUT2D eigenvalue weighted by Crippen LogP contribution is 2.22. The summed E-state index contributed by atoms with van der Waals surface area (Å²) >= 11 is 0. The van der Waals surface area contributed by atoms with Gasteiger partial charge in [-0.2, -0.15) is 0 Å². The molecule has 27 heavy (non-hydrogen) atoms. The third kappa shape index (κ3) is 6.92. The van der Waals surface area contributed by atoms with E-state index < -0.39 is 0 Å². The first kappa shape index (κ1) is 20.7. The lowest BCUT2D eigenvalue weighted by Gasteiger charge is -2.17. The Morgan fingerprint density at radius 3 is 2.74 bits per heavy atom. The fourth-order valence-corrected chi connectivity index (χ4v) is 2.27. The van der Waals surface area contributed by atoms with Gasteiger partial charge >= 0.3 is 0 Å². The average molecular weight is 376 g/mol. The molecule has 2 N–H and O–H groups in total. The Hall–Kier alpha value is -2.57. The number of hydrogen-bond acceptors (Lipinski definition) is 4. The molecule has 1 unspecified atom stereocenters. The standard InChI is InChI=1S/C20H29FN4O2/c1-6-22-19(25-13-18-23-12-17(27-18)20(3,4)5)24-11-14(2)26-16-9-7-8-15(21)10-16/h7-10,12,14H,6,11,13H2,1-5H3,(H2,22,24,25). The summed E-state index contributed by atoms with van der Waals surface area (Å²) in [4.78, 5) is 8.78. The maximum atomic E-state index is 13.2. The van der Waals surface area contributed by atoms with Crippen molar-refractivity contribution in [3.63, 3.8) is 0 Å². The van der Waals surface area contributed by atoms with Gasteiger partial charge in [0.25, 0.3) is 0 Å². The Bertz CT molecular complexity index is 752. The first-order valence-electron chi connectivity index (χ1n) is 9.17. The van der Waals surface area contributed by atoms with Crippen LogP contribution in [0.2, 0.25) is 0 Å². The van der Waals surface area contributed by atoms with Crippen LogP contribution in [0.5, 0.6) is 5.75 Å². The van der Waals surface area contributed by atoms with Crippen LogP contribution < -0.4 is 15.4 Å². The fourth-order valence-electron chi connectivity index (χ4n) is 2.27. The van der Waals surface area contributed by atoms with Crippen molar-refractivity contribution in [3.8, 4) is 5.75 Å². The molecule has 0 radical (unpaired) electrons. The van der Waals surface area contributed by atoms with Gasteiger partial charge in [-0.05, 0) is 26.0 Å². The van der Waals surface area contributed by atoms with Crippen molar-refractivity contribution in [2.24, 2.45) is 4.99 Å². The monoisotopic (exact) mass is 376 g/mol. The van der Waals surface area contributed by atoms with E-state index in [-0.39, 0.29) is 17.3 Å². The molecule has 6 nitrogen and oxygen atoms in total. The summed E-state index contributed by atoms with van der Waals surface area (Å²) in [6.07, 6.45) is 1.59. The number of rotatable bonds is 7. The quantitative estimate of drug-likeness (QED) is 0.570. The van der Waals surface area contributed by atoms with E-state index in [9.17, 15) is 4.39 Å². The molecule has 0 saturated heterocycles. The zero-order chi connectivity index (χ0) is 19.9. The molecule has 0 amide bonds. The van der Waals surface area contributed by atoms with Crippen LogP contribution in [-0.4, -0.2) is 30.1 Å². The zero-order valence-electron chi connectivity index (χ0n) is 16.7. The number of oxazole rings is 1. The smallest absolute Gasteiger partial charge is 0.216 e. The predicted octanol–water partition coefficient (Wildman–Crippen LogP) is 3.63. The second kappa shape index (κ2) is 9.39. The van der Waals surface area contributed by atoms with E-state index in [4.69, 9.17) is 9.15 Å². The number of halogens is 1. The summed E-state index contributed by atoms with van der Waals surface area (Å²) in [6.45, 7) is 11.7. The van der Waals surface area contributed by atoms with Crippen molar-refractivity contribution in [2.45, 2.75) is 52.7 Å². The number of nitrogens with zero attached hydrogens (tertiary/aromatic N) is 2. The molecule has 1 aromatic heterocycles. The number of benzene rings is 1. The molecule has 2 aromatic rings. The molecule has 1 atom stereocenters. The van der Waals surface area contributed by atoms with Crippen LogP contribution in [0.4, 0.5) is 4.39 Å². The third-order valence-electron chi connectivity index (χ3n) is 3.70. The number of ether oxygens (including phenoxy) is 1. The van der Waals surface area contributed by atoms with E-state index in [1.54, 1.807) is 18.3 Å². The molecule has 0 aliphatic heterocycles. The lowest BCUT2D eigenvalue weighted by Crippen LogP contribution is -2.41. The molecule has 2 rings (SSSR count). The van der Waals surface area contributed by atoms with Gasteiger partial charge in [0.2, 0.25) is 5.89 Å². The van der Waals surface area contributed by atoms with Gasteiger partial charge in [-0.25, -0.2) is 14.4 Å². The number of aromatic nitrogens is 1. The number of nitrogens with one attached hydrogen (secondary N) is 2. The first-order chi connectivity index (χ1) is 12.8. The van der Waals surface area contributed by atoms with Crippen LogP contribution >= 0.6 is 0 Å². The highest BCUT2D eigenvalue weighted by atomic mass is 19.1. The zero-order valence-corrected chi connectivity index (χ0v) is 16.7. The Labute approximate surface area is 160 Å². The third-order valence-corrected chi connectivity index (χ3v) is 3.70.